The maximum absolute atomic E-state index is 11.8. The molecule has 0 radical (unpaired) electrons. The summed E-state index contributed by atoms with van der Waals surface area (Å²) in [5.41, 5.74) is 0. The second-order valence-corrected chi connectivity index (χ2v) is 6.05. The van der Waals surface area contributed by atoms with E-state index in [1.165, 1.54) is 34.9 Å². The van der Waals surface area contributed by atoms with Crippen molar-refractivity contribution in [2.75, 3.05) is 25.1 Å². The second kappa shape index (κ2) is 6.67. The van der Waals surface area contributed by atoms with E-state index in [9.17, 15) is 13.2 Å². The van der Waals surface area contributed by atoms with Crippen LogP contribution in [-0.4, -0.2) is 41.5 Å². The van der Waals surface area contributed by atoms with E-state index in [0.29, 0.717) is 12.3 Å². The molecule has 0 saturated heterocycles. The average molecular weight is 289 g/mol. The van der Waals surface area contributed by atoms with Gasteiger partial charge in [-0.05, 0) is 6.26 Å². The van der Waals surface area contributed by atoms with Gasteiger partial charge in [-0.25, -0.2) is 0 Å². The molecule has 1 aromatic heterocycles. The number of rotatable bonds is 6. The SMILES string of the molecule is CSc1nnc(SCCNCC(F)(F)F)s1. The minimum absolute atomic E-state index is 0.304. The van der Waals surface area contributed by atoms with Crippen LogP contribution in [0.1, 0.15) is 0 Å². The van der Waals surface area contributed by atoms with Crippen molar-refractivity contribution in [1.29, 1.82) is 0 Å². The lowest BCUT2D eigenvalue weighted by atomic mass is 10.6. The zero-order valence-corrected chi connectivity index (χ0v) is 10.8. The number of alkyl halides is 3. The van der Waals surface area contributed by atoms with Gasteiger partial charge in [0.05, 0.1) is 6.54 Å². The fourth-order valence-corrected chi connectivity index (χ4v) is 3.18. The summed E-state index contributed by atoms with van der Waals surface area (Å²) >= 11 is 4.36. The summed E-state index contributed by atoms with van der Waals surface area (Å²) in [5, 5.41) is 10.1. The molecule has 1 aromatic rings. The van der Waals surface area contributed by atoms with Crippen molar-refractivity contribution in [3.05, 3.63) is 0 Å². The molecule has 0 aromatic carbocycles. The maximum Gasteiger partial charge on any atom is 0.401 e. The van der Waals surface area contributed by atoms with Crippen LogP contribution in [0.4, 0.5) is 13.2 Å². The molecular weight excluding hydrogens is 279 g/mol. The number of nitrogens with zero attached hydrogens (tertiary/aromatic N) is 2. The minimum atomic E-state index is -4.14. The Labute approximate surface area is 104 Å². The second-order valence-electron chi connectivity index (χ2n) is 2.68. The lowest BCUT2D eigenvalue weighted by Crippen LogP contribution is -2.30. The summed E-state index contributed by atoms with van der Waals surface area (Å²) in [7, 11) is 0. The van der Waals surface area contributed by atoms with E-state index in [0.717, 1.165) is 8.68 Å². The highest BCUT2D eigenvalue weighted by Crippen LogP contribution is 2.26. The van der Waals surface area contributed by atoms with Crippen molar-refractivity contribution < 1.29 is 13.2 Å². The standard InChI is InChI=1S/C7H10F3N3S3/c1-14-5-12-13-6(16-5)15-3-2-11-4-7(8,9)10/h11H,2-4H2,1H3. The van der Waals surface area contributed by atoms with Gasteiger partial charge in [0, 0.05) is 12.3 Å². The first-order valence-electron chi connectivity index (χ1n) is 4.29. The maximum atomic E-state index is 11.8. The third-order valence-corrected chi connectivity index (χ3v) is 4.43. The largest absolute Gasteiger partial charge is 0.401 e. The number of hydrogen-bond donors (Lipinski definition) is 1. The molecule has 16 heavy (non-hydrogen) atoms. The Balaban J connectivity index is 2.11. The van der Waals surface area contributed by atoms with E-state index in [-0.39, 0.29) is 0 Å². The third kappa shape index (κ3) is 5.92. The number of nitrogens with one attached hydrogen (secondary N) is 1. The highest BCUT2D eigenvalue weighted by Gasteiger charge is 2.25. The van der Waals surface area contributed by atoms with Crippen LogP contribution >= 0.6 is 34.9 Å². The van der Waals surface area contributed by atoms with Gasteiger partial charge in [0.15, 0.2) is 8.68 Å². The topological polar surface area (TPSA) is 37.8 Å². The van der Waals surface area contributed by atoms with Gasteiger partial charge in [-0.15, -0.1) is 10.2 Å². The number of halogens is 3. The Kier molecular flexibility index (Phi) is 5.87. The van der Waals surface area contributed by atoms with Crippen molar-refractivity contribution >= 4 is 34.9 Å². The normalized spacial score (nSPS) is 12.0. The molecule has 0 amide bonds. The highest BCUT2D eigenvalue weighted by atomic mass is 32.2. The summed E-state index contributed by atoms with van der Waals surface area (Å²) in [6, 6.07) is 0. The first-order valence-corrected chi connectivity index (χ1v) is 7.32. The van der Waals surface area contributed by atoms with Crippen LogP contribution in [0.15, 0.2) is 8.68 Å². The molecule has 1 N–H and O–H groups in total. The highest BCUT2D eigenvalue weighted by molar-refractivity contribution is 8.02. The molecule has 0 aliphatic heterocycles. The Hall–Kier alpha value is 0.01000. The van der Waals surface area contributed by atoms with E-state index in [4.69, 9.17) is 0 Å². The average Bonchev–Trinajstić information content (AvgIpc) is 2.63. The number of aromatic nitrogens is 2. The molecule has 1 rings (SSSR count). The van der Waals surface area contributed by atoms with Gasteiger partial charge in [-0.2, -0.15) is 13.2 Å². The fourth-order valence-electron chi connectivity index (χ4n) is 0.779. The van der Waals surface area contributed by atoms with Crippen molar-refractivity contribution in [3.8, 4) is 0 Å². The monoisotopic (exact) mass is 289 g/mol. The predicted molar refractivity (Wildman–Crippen MR) is 61.3 cm³/mol. The van der Waals surface area contributed by atoms with Gasteiger partial charge in [0.1, 0.15) is 0 Å². The van der Waals surface area contributed by atoms with Crippen molar-refractivity contribution in [2.45, 2.75) is 14.9 Å². The number of hydrogen-bond acceptors (Lipinski definition) is 6. The van der Waals surface area contributed by atoms with E-state index in [1.54, 1.807) is 0 Å². The molecule has 0 atom stereocenters. The Morgan fingerprint density at radius 3 is 2.56 bits per heavy atom. The molecule has 1 heterocycles. The predicted octanol–water partition coefficient (Wildman–Crippen LogP) is 2.50. The van der Waals surface area contributed by atoms with Crippen LogP contribution in [0, 0.1) is 0 Å². The fraction of sp³-hybridized carbons (Fsp3) is 0.714. The molecule has 92 valence electrons. The zero-order chi connectivity index (χ0) is 12.0. The van der Waals surface area contributed by atoms with Gasteiger partial charge in [-0.3, -0.25) is 0 Å². The minimum Gasteiger partial charge on any atom is -0.308 e. The molecule has 0 aliphatic carbocycles. The van der Waals surface area contributed by atoms with Gasteiger partial charge in [-0.1, -0.05) is 34.9 Å². The summed E-state index contributed by atoms with van der Waals surface area (Å²) in [6.07, 6.45) is -2.24. The van der Waals surface area contributed by atoms with Gasteiger partial charge in [0.2, 0.25) is 0 Å². The quantitative estimate of drug-likeness (QED) is 0.643. The van der Waals surface area contributed by atoms with Crippen LogP contribution < -0.4 is 5.32 Å². The summed E-state index contributed by atoms with van der Waals surface area (Å²) in [4.78, 5) is 0. The molecule has 0 unspecified atom stereocenters. The first kappa shape index (κ1) is 14.1. The smallest absolute Gasteiger partial charge is 0.308 e. The molecule has 0 bridgehead atoms. The van der Waals surface area contributed by atoms with Crippen LogP contribution in [0.5, 0.6) is 0 Å². The first-order chi connectivity index (χ1) is 7.51. The Morgan fingerprint density at radius 1 is 1.31 bits per heavy atom. The van der Waals surface area contributed by atoms with Crippen LogP contribution in [0.25, 0.3) is 0 Å². The molecule has 0 fully saturated rings. The van der Waals surface area contributed by atoms with Gasteiger partial charge < -0.3 is 5.32 Å². The third-order valence-electron chi connectivity index (χ3n) is 1.39. The lowest BCUT2D eigenvalue weighted by molar-refractivity contribution is -0.124. The summed E-state index contributed by atoms with van der Waals surface area (Å²) in [6.45, 7) is -0.641. The van der Waals surface area contributed by atoms with Gasteiger partial charge >= 0.3 is 6.18 Å². The van der Waals surface area contributed by atoms with E-state index >= 15 is 0 Å². The molecular formula is C7H10F3N3S3. The van der Waals surface area contributed by atoms with Gasteiger partial charge in [0.25, 0.3) is 0 Å². The number of thioether (sulfide) groups is 2. The zero-order valence-electron chi connectivity index (χ0n) is 8.37. The molecule has 3 nitrogen and oxygen atoms in total. The van der Waals surface area contributed by atoms with Crippen LogP contribution in [-0.2, 0) is 0 Å². The van der Waals surface area contributed by atoms with Crippen molar-refractivity contribution in [2.24, 2.45) is 0 Å². The van der Waals surface area contributed by atoms with Crippen LogP contribution in [0.3, 0.4) is 0 Å². The van der Waals surface area contributed by atoms with Crippen molar-refractivity contribution in [1.82, 2.24) is 15.5 Å². The Bertz CT molecular complexity index is 315. The Morgan fingerprint density at radius 2 is 2.00 bits per heavy atom. The lowest BCUT2D eigenvalue weighted by Gasteiger charge is -2.06. The summed E-state index contributed by atoms with van der Waals surface area (Å²) in [5.74, 6) is 0.555. The van der Waals surface area contributed by atoms with E-state index in [1.807, 2.05) is 6.26 Å². The molecule has 0 aliphatic rings. The molecule has 0 spiro atoms. The van der Waals surface area contributed by atoms with E-state index in [2.05, 4.69) is 15.5 Å². The summed E-state index contributed by atoms with van der Waals surface area (Å²) < 4.78 is 36.9. The van der Waals surface area contributed by atoms with Crippen molar-refractivity contribution in [3.63, 3.8) is 0 Å². The van der Waals surface area contributed by atoms with E-state index < -0.39 is 12.7 Å². The molecule has 9 heteroatoms. The molecule has 0 saturated carbocycles. The van der Waals surface area contributed by atoms with Crippen LogP contribution in [0.2, 0.25) is 0 Å².